The van der Waals surface area contributed by atoms with Crippen LogP contribution in [0.3, 0.4) is 0 Å². The second-order valence-corrected chi connectivity index (χ2v) is 5.62. The fraction of sp³-hybridized carbons (Fsp3) is 0.625. The van der Waals surface area contributed by atoms with E-state index < -0.39 is 6.10 Å². The molecule has 4 heteroatoms. The van der Waals surface area contributed by atoms with Gasteiger partial charge >= 0.3 is 0 Å². The lowest BCUT2D eigenvalue weighted by Crippen LogP contribution is -2.45. The van der Waals surface area contributed by atoms with E-state index in [1.807, 2.05) is 12.1 Å². The van der Waals surface area contributed by atoms with Gasteiger partial charge in [0, 0.05) is 19.5 Å². The first-order valence-electron chi connectivity index (χ1n) is 7.55. The molecule has 2 unspecified atom stereocenters. The Balaban J connectivity index is 1.70. The van der Waals surface area contributed by atoms with Crippen LogP contribution in [-0.4, -0.2) is 49.0 Å². The van der Waals surface area contributed by atoms with E-state index in [1.54, 1.807) is 0 Å². The number of morpholine rings is 1. The van der Waals surface area contributed by atoms with E-state index in [-0.39, 0.29) is 6.10 Å². The first kappa shape index (κ1) is 13.9. The molecule has 1 fully saturated rings. The van der Waals surface area contributed by atoms with Crippen molar-refractivity contribution < 1.29 is 14.6 Å². The summed E-state index contributed by atoms with van der Waals surface area (Å²) in [7, 11) is 0. The number of hydrogen-bond acceptors (Lipinski definition) is 4. The quantitative estimate of drug-likeness (QED) is 0.910. The van der Waals surface area contributed by atoms with Gasteiger partial charge in [0.05, 0.1) is 13.2 Å². The molecule has 2 heterocycles. The molecule has 0 saturated carbocycles. The second-order valence-electron chi connectivity index (χ2n) is 5.62. The lowest BCUT2D eigenvalue weighted by molar-refractivity contribution is -0.0898. The van der Waals surface area contributed by atoms with Crippen LogP contribution in [0.2, 0.25) is 0 Å². The smallest absolute Gasteiger partial charge is 0.122 e. The maximum Gasteiger partial charge on any atom is 0.122 e. The molecule has 0 amide bonds. The molecule has 1 N–H and O–H groups in total. The highest BCUT2D eigenvalue weighted by Crippen LogP contribution is 2.30. The van der Waals surface area contributed by atoms with E-state index in [0.29, 0.717) is 6.61 Å². The third kappa shape index (κ3) is 2.82. The van der Waals surface area contributed by atoms with E-state index in [0.717, 1.165) is 50.4 Å². The van der Waals surface area contributed by atoms with Gasteiger partial charge in [0.1, 0.15) is 18.0 Å². The largest absolute Gasteiger partial charge is 0.493 e. The zero-order valence-electron chi connectivity index (χ0n) is 12.0. The molecule has 2 atom stereocenters. The minimum Gasteiger partial charge on any atom is -0.493 e. The lowest BCUT2D eigenvalue weighted by Gasteiger charge is -2.35. The van der Waals surface area contributed by atoms with Gasteiger partial charge in [0.25, 0.3) is 0 Å². The van der Waals surface area contributed by atoms with Crippen molar-refractivity contribution in [3.63, 3.8) is 0 Å². The summed E-state index contributed by atoms with van der Waals surface area (Å²) >= 11 is 0. The molecular formula is C16H23NO3. The standard InChI is InChI=1S/C16H23NO3/c1-2-6-17-7-9-20-15(11-17)16(18)13-3-4-14-12(10-13)5-8-19-14/h3-4,10,15-16,18H,2,5-9,11H2,1H3. The van der Waals surface area contributed by atoms with Crippen LogP contribution < -0.4 is 4.74 Å². The first-order valence-corrected chi connectivity index (χ1v) is 7.55. The third-order valence-electron chi connectivity index (χ3n) is 4.12. The molecule has 0 spiro atoms. The Morgan fingerprint density at radius 1 is 1.40 bits per heavy atom. The van der Waals surface area contributed by atoms with Crippen molar-refractivity contribution in [3.05, 3.63) is 29.3 Å². The number of rotatable bonds is 4. The Morgan fingerprint density at radius 3 is 3.15 bits per heavy atom. The van der Waals surface area contributed by atoms with E-state index >= 15 is 0 Å². The second kappa shape index (κ2) is 6.12. The minimum atomic E-state index is -0.555. The van der Waals surface area contributed by atoms with Gasteiger partial charge in [-0.25, -0.2) is 0 Å². The number of aliphatic hydroxyl groups is 1. The topological polar surface area (TPSA) is 41.9 Å². The number of hydrogen-bond donors (Lipinski definition) is 1. The number of ether oxygens (including phenoxy) is 2. The van der Waals surface area contributed by atoms with Crippen molar-refractivity contribution in [1.82, 2.24) is 4.90 Å². The molecule has 0 aromatic heterocycles. The molecule has 4 nitrogen and oxygen atoms in total. The van der Waals surface area contributed by atoms with Crippen molar-refractivity contribution in [2.24, 2.45) is 0 Å². The monoisotopic (exact) mass is 277 g/mol. The van der Waals surface area contributed by atoms with Crippen LogP contribution in [0, 0.1) is 0 Å². The summed E-state index contributed by atoms with van der Waals surface area (Å²) < 4.78 is 11.3. The van der Waals surface area contributed by atoms with Crippen molar-refractivity contribution in [1.29, 1.82) is 0 Å². The van der Waals surface area contributed by atoms with E-state index in [4.69, 9.17) is 9.47 Å². The molecule has 110 valence electrons. The van der Waals surface area contributed by atoms with Gasteiger partial charge in [-0.05, 0) is 36.2 Å². The SMILES string of the molecule is CCCN1CCOC(C(O)c2ccc3c(c2)CCO3)C1. The number of aliphatic hydroxyl groups excluding tert-OH is 1. The molecular weight excluding hydrogens is 254 g/mol. The van der Waals surface area contributed by atoms with Crippen LogP contribution >= 0.6 is 0 Å². The van der Waals surface area contributed by atoms with E-state index in [1.165, 1.54) is 5.56 Å². The molecule has 1 aromatic rings. The maximum atomic E-state index is 10.6. The van der Waals surface area contributed by atoms with Gasteiger partial charge in [0.2, 0.25) is 0 Å². The van der Waals surface area contributed by atoms with E-state index in [2.05, 4.69) is 17.9 Å². The Kier molecular flexibility index (Phi) is 4.24. The van der Waals surface area contributed by atoms with Gasteiger partial charge < -0.3 is 14.6 Å². The maximum absolute atomic E-state index is 10.6. The van der Waals surface area contributed by atoms with Crippen molar-refractivity contribution in [2.45, 2.75) is 32.0 Å². The zero-order chi connectivity index (χ0) is 13.9. The summed E-state index contributed by atoms with van der Waals surface area (Å²) in [5, 5.41) is 10.6. The molecule has 1 aromatic carbocycles. The third-order valence-corrected chi connectivity index (χ3v) is 4.12. The molecule has 1 saturated heterocycles. The zero-order valence-corrected chi connectivity index (χ0v) is 12.0. The summed E-state index contributed by atoms with van der Waals surface area (Å²) in [5.74, 6) is 0.957. The van der Waals surface area contributed by atoms with Crippen LogP contribution in [-0.2, 0) is 11.2 Å². The molecule has 2 aliphatic rings. The number of benzene rings is 1. The lowest BCUT2D eigenvalue weighted by atomic mass is 10.00. The average Bonchev–Trinajstić information content (AvgIpc) is 2.94. The van der Waals surface area contributed by atoms with Crippen LogP contribution in [0.4, 0.5) is 0 Å². The van der Waals surface area contributed by atoms with Crippen LogP contribution in [0.5, 0.6) is 5.75 Å². The predicted octanol–water partition coefficient (Wildman–Crippen LogP) is 1.77. The highest BCUT2D eigenvalue weighted by atomic mass is 16.5. The highest BCUT2D eigenvalue weighted by molar-refractivity contribution is 5.40. The van der Waals surface area contributed by atoms with Crippen molar-refractivity contribution in [3.8, 4) is 5.75 Å². The Morgan fingerprint density at radius 2 is 2.30 bits per heavy atom. The van der Waals surface area contributed by atoms with Gasteiger partial charge in [-0.3, -0.25) is 4.90 Å². The van der Waals surface area contributed by atoms with Gasteiger partial charge in [-0.2, -0.15) is 0 Å². The van der Waals surface area contributed by atoms with Crippen LogP contribution in [0.1, 0.15) is 30.6 Å². The van der Waals surface area contributed by atoms with Gasteiger partial charge in [-0.15, -0.1) is 0 Å². The fourth-order valence-corrected chi connectivity index (χ4v) is 3.05. The number of nitrogens with zero attached hydrogens (tertiary/aromatic N) is 1. The molecule has 2 aliphatic heterocycles. The summed E-state index contributed by atoms with van der Waals surface area (Å²) in [4.78, 5) is 2.37. The molecule has 0 bridgehead atoms. The molecule has 3 rings (SSSR count). The van der Waals surface area contributed by atoms with Gasteiger partial charge in [-0.1, -0.05) is 13.0 Å². The molecule has 0 aliphatic carbocycles. The van der Waals surface area contributed by atoms with Crippen LogP contribution in [0.25, 0.3) is 0 Å². The van der Waals surface area contributed by atoms with Crippen molar-refractivity contribution >= 4 is 0 Å². The van der Waals surface area contributed by atoms with E-state index in [9.17, 15) is 5.11 Å². The summed E-state index contributed by atoms with van der Waals surface area (Å²) in [6.07, 6.45) is 1.39. The number of fused-ring (bicyclic) bond motifs is 1. The fourth-order valence-electron chi connectivity index (χ4n) is 3.05. The van der Waals surface area contributed by atoms with Gasteiger partial charge in [0.15, 0.2) is 0 Å². The predicted molar refractivity (Wildman–Crippen MR) is 77.1 cm³/mol. The highest BCUT2D eigenvalue weighted by Gasteiger charge is 2.28. The molecule has 0 radical (unpaired) electrons. The van der Waals surface area contributed by atoms with Crippen LogP contribution in [0.15, 0.2) is 18.2 Å². The summed E-state index contributed by atoms with van der Waals surface area (Å²) in [6, 6.07) is 5.99. The Hall–Kier alpha value is -1.10. The minimum absolute atomic E-state index is 0.129. The van der Waals surface area contributed by atoms with Crippen molar-refractivity contribution in [2.75, 3.05) is 32.8 Å². The summed E-state index contributed by atoms with van der Waals surface area (Å²) in [6.45, 7) is 6.48. The normalized spacial score (nSPS) is 24.2. The first-order chi connectivity index (χ1) is 9.78. The summed E-state index contributed by atoms with van der Waals surface area (Å²) in [5.41, 5.74) is 2.14. The molecule has 20 heavy (non-hydrogen) atoms. The Labute approximate surface area is 120 Å². The Bertz CT molecular complexity index is 461. The average molecular weight is 277 g/mol.